The van der Waals surface area contributed by atoms with Gasteiger partial charge in [-0.2, -0.15) is 0 Å². The highest BCUT2D eigenvalue weighted by atomic mass is 35.5. The van der Waals surface area contributed by atoms with Gasteiger partial charge in [0.05, 0.1) is 17.7 Å². The number of rotatable bonds is 3. The predicted octanol–water partition coefficient (Wildman–Crippen LogP) is 2.19. The molecular formula is C11H14ClNO2. The Balaban J connectivity index is 3.03. The van der Waals surface area contributed by atoms with Gasteiger partial charge in [-0.3, -0.25) is 0 Å². The fourth-order valence-electron chi connectivity index (χ4n) is 1.25. The third-order valence-electron chi connectivity index (χ3n) is 2.32. The molecule has 1 aromatic carbocycles. The SMILES string of the molecule is COC(=O)c1ccc(C(C)CN)cc1Cl. The van der Waals surface area contributed by atoms with Crippen molar-refractivity contribution in [2.24, 2.45) is 5.73 Å². The van der Waals surface area contributed by atoms with Crippen LogP contribution in [0.2, 0.25) is 5.02 Å². The third kappa shape index (κ3) is 2.70. The molecule has 1 atom stereocenters. The molecule has 0 saturated heterocycles. The first-order chi connectivity index (χ1) is 7.10. The number of ether oxygens (including phenoxy) is 1. The fourth-order valence-corrected chi connectivity index (χ4v) is 1.52. The predicted molar refractivity (Wildman–Crippen MR) is 60.3 cm³/mol. The molecule has 0 heterocycles. The van der Waals surface area contributed by atoms with Gasteiger partial charge in [-0.05, 0) is 30.2 Å². The second-order valence-corrected chi connectivity index (χ2v) is 3.77. The Hall–Kier alpha value is -1.06. The van der Waals surface area contributed by atoms with Gasteiger partial charge < -0.3 is 10.5 Å². The molecule has 4 heteroatoms. The number of benzene rings is 1. The molecule has 0 bridgehead atoms. The Labute approximate surface area is 94.2 Å². The van der Waals surface area contributed by atoms with E-state index in [2.05, 4.69) is 4.74 Å². The summed E-state index contributed by atoms with van der Waals surface area (Å²) in [5, 5.41) is 0.402. The summed E-state index contributed by atoms with van der Waals surface area (Å²) in [7, 11) is 1.33. The van der Waals surface area contributed by atoms with Crippen LogP contribution in [0.5, 0.6) is 0 Å². The summed E-state index contributed by atoms with van der Waals surface area (Å²) in [6.45, 7) is 2.55. The third-order valence-corrected chi connectivity index (χ3v) is 2.63. The molecule has 0 aromatic heterocycles. The molecule has 0 aliphatic carbocycles. The van der Waals surface area contributed by atoms with E-state index in [-0.39, 0.29) is 5.92 Å². The molecule has 0 amide bonds. The van der Waals surface area contributed by atoms with E-state index in [0.717, 1.165) is 5.56 Å². The monoisotopic (exact) mass is 227 g/mol. The van der Waals surface area contributed by atoms with Gasteiger partial charge in [0.2, 0.25) is 0 Å². The zero-order valence-corrected chi connectivity index (χ0v) is 9.54. The van der Waals surface area contributed by atoms with Crippen molar-refractivity contribution >= 4 is 17.6 Å². The molecular weight excluding hydrogens is 214 g/mol. The van der Waals surface area contributed by atoms with Crippen molar-refractivity contribution in [2.45, 2.75) is 12.8 Å². The first-order valence-corrected chi connectivity index (χ1v) is 5.05. The largest absolute Gasteiger partial charge is 0.465 e. The minimum Gasteiger partial charge on any atom is -0.465 e. The van der Waals surface area contributed by atoms with Crippen molar-refractivity contribution < 1.29 is 9.53 Å². The lowest BCUT2D eigenvalue weighted by molar-refractivity contribution is 0.0601. The van der Waals surface area contributed by atoms with E-state index < -0.39 is 5.97 Å². The van der Waals surface area contributed by atoms with Crippen molar-refractivity contribution in [1.29, 1.82) is 0 Å². The van der Waals surface area contributed by atoms with Crippen LogP contribution in [0.3, 0.4) is 0 Å². The minimum absolute atomic E-state index is 0.231. The summed E-state index contributed by atoms with van der Waals surface area (Å²) in [5.74, 6) is -0.193. The molecule has 15 heavy (non-hydrogen) atoms. The first-order valence-electron chi connectivity index (χ1n) is 4.68. The van der Waals surface area contributed by atoms with Crippen LogP contribution in [0, 0.1) is 0 Å². The average molecular weight is 228 g/mol. The summed E-state index contributed by atoms with van der Waals surface area (Å²) < 4.78 is 4.60. The molecule has 0 radical (unpaired) electrons. The molecule has 0 spiro atoms. The highest BCUT2D eigenvalue weighted by molar-refractivity contribution is 6.33. The van der Waals surface area contributed by atoms with Gasteiger partial charge in [-0.25, -0.2) is 4.79 Å². The Kier molecular flexibility index (Phi) is 4.12. The first kappa shape index (κ1) is 12.0. The van der Waals surface area contributed by atoms with Crippen molar-refractivity contribution in [1.82, 2.24) is 0 Å². The van der Waals surface area contributed by atoms with Crippen LogP contribution in [-0.4, -0.2) is 19.6 Å². The normalized spacial score (nSPS) is 12.3. The summed E-state index contributed by atoms with van der Waals surface area (Å²) in [6.07, 6.45) is 0. The second kappa shape index (κ2) is 5.14. The molecule has 2 N–H and O–H groups in total. The van der Waals surface area contributed by atoms with Crippen molar-refractivity contribution in [3.8, 4) is 0 Å². The number of hydrogen-bond donors (Lipinski definition) is 1. The molecule has 1 rings (SSSR count). The Morgan fingerprint density at radius 1 is 1.60 bits per heavy atom. The van der Waals surface area contributed by atoms with E-state index >= 15 is 0 Å². The number of methoxy groups -OCH3 is 1. The Morgan fingerprint density at radius 2 is 2.27 bits per heavy atom. The van der Waals surface area contributed by atoms with Gasteiger partial charge >= 0.3 is 5.97 Å². The smallest absolute Gasteiger partial charge is 0.339 e. The number of hydrogen-bond acceptors (Lipinski definition) is 3. The van der Waals surface area contributed by atoms with Crippen LogP contribution in [0.1, 0.15) is 28.8 Å². The lowest BCUT2D eigenvalue weighted by atomic mass is 10.00. The lowest BCUT2D eigenvalue weighted by Gasteiger charge is -2.10. The number of esters is 1. The van der Waals surface area contributed by atoms with Crippen LogP contribution in [-0.2, 0) is 4.74 Å². The molecule has 0 aliphatic rings. The van der Waals surface area contributed by atoms with Crippen LogP contribution in [0.15, 0.2) is 18.2 Å². The van der Waals surface area contributed by atoms with Crippen LogP contribution in [0.25, 0.3) is 0 Å². The summed E-state index contributed by atoms with van der Waals surface area (Å²) >= 11 is 5.96. The average Bonchev–Trinajstić information content (AvgIpc) is 2.26. The number of carbonyl (C=O) groups is 1. The van der Waals surface area contributed by atoms with Crippen molar-refractivity contribution in [3.63, 3.8) is 0 Å². The van der Waals surface area contributed by atoms with Crippen LogP contribution < -0.4 is 5.73 Å². The van der Waals surface area contributed by atoms with Crippen molar-refractivity contribution in [2.75, 3.05) is 13.7 Å². The van der Waals surface area contributed by atoms with Crippen LogP contribution in [0.4, 0.5) is 0 Å². The van der Waals surface area contributed by atoms with Gasteiger partial charge in [-0.15, -0.1) is 0 Å². The lowest BCUT2D eigenvalue weighted by Crippen LogP contribution is -2.09. The minimum atomic E-state index is -0.424. The second-order valence-electron chi connectivity index (χ2n) is 3.37. The number of nitrogens with two attached hydrogens (primary N) is 1. The fraction of sp³-hybridized carbons (Fsp3) is 0.364. The van der Waals surface area contributed by atoms with E-state index in [1.165, 1.54) is 7.11 Å². The quantitative estimate of drug-likeness (QED) is 0.806. The van der Waals surface area contributed by atoms with E-state index in [0.29, 0.717) is 17.1 Å². The molecule has 1 aromatic rings. The summed E-state index contributed by atoms with van der Waals surface area (Å²) in [4.78, 5) is 11.3. The highest BCUT2D eigenvalue weighted by Crippen LogP contribution is 2.23. The zero-order valence-electron chi connectivity index (χ0n) is 8.79. The van der Waals surface area contributed by atoms with E-state index in [1.807, 2.05) is 13.0 Å². The van der Waals surface area contributed by atoms with Crippen LogP contribution >= 0.6 is 11.6 Å². The van der Waals surface area contributed by atoms with Gasteiger partial charge in [-0.1, -0.05) is 24.6 Å². The summed E-state index contributed by atoms with van der Waals surface area (Å²) in [6, 6.07) is 5.26. The maximum absolute atomic E-state index is 11.3. The van der Waals surface area contributed by atoms with Gasteiger partial charge in [0.1, 0.15) is 0 Å². The van der Waals surface area contributed by atoms with Gasteiger partial charge in [0.15, 0.2) is 0 Å². The number of halogens is 1. The molecule has 3 nitrogen and oxygen atoms in total. The van der Waals surface area contributed by atoms with E-state index in [9.17, 15) is 4.79 Å². The molecule has 0 saturated carbocycles. The Morgan fingerprint density at radius 3 is 2.73 bits per heavy atom. The Bertz CT molecular complexity index is 366. The standard InChI is InChI=1S/C11H14ClNO2/c1-7(6-13)8-3-4-9(10(12)5-8)11(14)15-2/h3-5,7H,6,13H2,1-2H3. The molecule has 0 aliphatic heterocycles. The van der Waals surface area contributed by atoms with E-state index in [4.69, 9.17) is 17.3 Å². The summed E-state index contributed by atoms with van der Waals surface area (Å²) in [5.41, 5.74) is 6.95. The highest BCUT2D eigenvalue weighted by Gasteiger charge is 2.12. The molecule has 82 valence electrons. The zero-order chi connectivity index (χ0) is 11.4. The maximum Gasteiger partial charge on any atom is 0.339 e. The van der Waals surface area contributed by atoms with Crippen molar-refractivity contribution in [3.05, 3.63) is 34.3 Å². The van der Waals surface area contributed by atoms with E-state index in [1.54, 1.807) is 12.1 Å². The van der Waals surface area contributed by atoms with Gasteiger partial charge in [0, 0.05) is 0 Å². The number of carbonyl (C=O) groups excluding carboxylic acids is 1. The van der Waals surface area contributed by atoms with Gasteiger partial charge in [0.25, 0.3) is 0 Å². The molecule has 0 fully saturated rings. The topological polar surface area (TPSA) is 52.3 Å². The maximum atomic E-state index is 11.3. The molecule has 1 unspecified atom stereocenters.